The van der Waals surface area contributed by atoms with Gasteiger partial charge >= 0.3 is 0 Å². The fourth-order valence-corrected chi connectivity index (χ4v) is 3.69. The van der Waals surface area contributed by atoms with Gasteiger partial charge in [0.25, 0.3) is 0 Å². The van der Waals surface area contributed by atoms with E-state index in [0.717, 1.165) is 18.0 Å². The highest BCUT2D eigenvalue weighted by Crippen LogP contribution is 2.37. The zero-order valence-electron chi connectivity index (χ0n) is 11.3. The first kappa shape index (κ1) is 14.6. The predicted octanol–water partition coefficient (Wildman–Crippen LogP) is 1.75. The lowest BCUT2D eigenvalue weighted by Gasteiger charge is -2.44. The van der Waals surface area contributed by atoms with Gasteiger partial charge in [-0.3, -0.25) is 4.90 Å². The number of halogens is 1. The molecule has 2 heterocycles. The molecule has 4 heteroatoms. The van der Waals surface area contributed by atoms with E-state index in [0.29, 0.717) is 6.04 Å². The highest BCUT2D eigenvalue weighted by atomic mass is 35.5. The molecule has 3 N–H and O–H groups in total. The smallest absolute Gasteiger partial charge is 0.0122 e. The third-order valence-corrected chi connectivity index (χ3v) is 4.88. The maximum atomic E-state index is 6.17. The van der Waals surface area contributed by atoms with Crippen LogP contribution in [-0.2, 0) is 0 Å². The van der Waals surface area contributed by atoms with Crippen LogP contribution in [0, 0.1) is 5.92 Å². The highest BCUT2D eigenvalue weighted by molar-refractivity contribution is 5.85. The quantitative estimate of drug-likeness (QED) is 0.823. The molecule has 0 radical (unpaired) electrons. The Balaban J connectivity index is 0.00000120. The van der Waals surface area contributed by atoms with Crippen molar-refractivity contribution in [1.82, 2.24) is 10.2 Å². The van der Waals surface area contributed by atoms with Gasteiger partial charge in [0.05, 0.1) is 0 Å². The second-order valence-corrected chi connectivity index (χ2v) is 6.34. The summed E-state index contributed by atoms with van der Waals surface area (Å²) in [5, 5.41) is 3.48. The van der Waals surface area contributed by atoms with Crippen LogP contribution in [0.5, 0.6) is 0 Å². The summed E-state index contributed by atoms with van der Waals surface area (Å²) in [6, 6.07) is 2.11. The normalized spacial score (nSPS) is 35.2. The summed E-state index contributed by atoms with van der Waals surface area (Å²) in [5.41, 5.74) is 6.17. The van der Waals surface area contributed by atoms with E-state index in [1.807, 2.05) is 0 Å². The molecule has 0 aromatic heterocycles. The number of nitrogens with two attached hydrogens (primary N) is 1. The Morgan fingerprint density at radius 1 is 1.06 bits per heavy atom. The Labute approximate surface area is 117 Å². The minimum absolute atomic E-state index is 0. The lowest BCUT2D eigenvalue weighted by atomic mass is 9.90. The fraction of sp³-hybridized carbons (Fsp3) is 1.00. The highest BCUT2D eigenvalue weighted by Gasteiger charge is 2.35. The van der Waals surface area contributed by atoms with Crippen molar-refractivity contribution in [3.05, 3.63) is 0 Å². The van der Waals surface area contributed by atoms with Crippen LogP contribution in [0.1, 0.15) is 44.9 Å². The van der Waals surface area contributed by atoms with E-state index in [1.54, 1.807) is 0 Å². The van der Waals surface area contributed by atoms with Crippen LogP contribution in [0.25, 0.3) is 0 Å². The molecule has 0 bridgehead atoms. The molecule has 0 aromatic rings. The maximum absolute atomic E-state index is 6.17. The van der Waals surface area contributed by atoms with E-state index < -0.39 is 0 Å². The average Bonchev–Trinajstić information content (AvgIpc) is 3.14. The lowest BCUT2D eigenvalue weighted by Crippen LogP contribution is -2.54. The number of likely N-dealkylation sites (tertiary alicyclic amines) is 1. The van der Waals surface area contributed by atoms with Gasteiger partial charge in [-0.15, -0.1) is 12.4 Å². The molecule has 2 atom stereocenters. The minimum atomic E-state index is 0. The monoisotopic (exact) mass is 273 g/mol. The Morgan fingerprint density at radius 2 is 1.78 bits per heavy atom. The zero-order valence-corrected chi connectivity index (χ0v) is 12.1. The first-order valence-corrected chi connectivity index (χ1v) is 7.55. The lowest BCUT2D eigenvalue weighted by molar-refractivity contribution is 0.0609. The van der Waals surface area contributed by atoms with Crippen molar-refractivity contribution < 1.29 is 0 Å². The molecular weight excluding hydrogens is 246 g/mol. The van der Waals surface area contributed by atoms with Crippen molar-refractivity contribution in [2.45, 2.75) is 63.1 Å². The zero-order chi connectivity index (χ0) is 11.7. The van der Waals surface area contributed by atoms with Crippen LogP contribution >= 0.6 is 12.4 Å². The van der Waals surface area contributed by atoms with Gasteiger partial charge in [0.1, 0.15) is 0 Å². The van der Waals surface area contributed by atoms with Crippen molar-refractivity contribution in [3.63, 3.8) is 0 Å². The van der Waals surface area contributed by atoms with E-state index in [-0.39, 0.29) is 12.4 Å². The Kier molecular flexibility index (Phi) is 5.31. The number of hydrogen-bond donors (Lipinski definition) is 2. The van der Waals surface area contributed by atoms with E-state index in [4.69, 9.17) is 5.73 Å². The first-order valence-electron chi connectivity index (χ1n) is 7.55. The van der Waals surface area contributed by atoms with Crippen molar-refractivity contribution in [2.24, 2.45) is 11.7 Å². The third-order valence-electron chi connectivity index (χ3n) is 4.88. The minimum Gasteiger partial charge on any atom is -0.328 e. The van der Waals surface area contributed by atoms with Crippen molar-refractivity contribution in [1.29, 1.82) is 0 Å². The number of nitrogens with one attached hydrogen (secondary N) is 1. The molecule has 1 aliphatic carbocycles. The van der Waals surface area contributed by atoms with Crippen LogP contribution in [0.4, 0.5) is 0 Å². The molecule has 3 fully saturated rings. The van der Waals surface area contributed by atoms with Crippen LogP contribution in [0.15, 0.2) is 0 Å². The van der Waals surface area contributed by atoms with Gasteiger partial charge in [-0.1, -0.05) is 12.8 Å². The summed E-state index contributed by atoms with van der Waals surface area (Å²) in [5.74, 6) is 1.04. The molecule has 0 amide bonds. The van der Waals surface area contributed by atoms with Gasteiger partial charge in [0.2, 0.25) is 0 Å². The molecule has 0 aromatic carbocycles. The van der Waals surface area contributed by atoms with Crippen LogP contribution < -0.4 is 11.1 Å². The standard InChI is InChI=1S/C14H27N3.ClH/c15-12-5-8-17(13-3-6-16-7-4-13)14(10-12)9-11-1-2-11;/h11-14,16H,1-10,15H2;1H/t12?,14-;/m1./s1. The Hall–Kier alpha value is 0.170. The predicted molar refractivity (Wildman–Crippen MR) is 78.2 cm³/mol. The molecular formula is C14H28ClN3. The molecule has 106 valence electrons. The Bertz CT molecular complexity index is 249. The summed E-state index contributed by atoms with van der Waals surface area (Å²) in [4.78, 5) is 2.82. The summed E-state index contributed by atoms with van der Waals surface area (Å²) in [7, 11) is 0. The SMILES string of the molecule is Cl.NC1CCN(C2CCNCC2)[C@H](CC2CC2)C1. The molecule has 2 aliphatic heterocycles. The molecule has 18 heavy (non-hydrogen) atoms. The summed E-state index contributed by atoms with van der Waals surface area (Å²) in [6.45, 7) is 3.68. The molecule has 3 rings (SSSR count). The number of rotatable bonds is 3. The van der Waals surface area contributed by atoms with Gasteiger partial charge in [0.15, 0.2) is 0 Å². The second kappa shape index (κ2) is 6.56. The van der Waals surface area contributed by atoms with E-state index in [2.05, 4.69) is 10.2 Å². The molecule has 1 unspecified atom stereocenters. The van der Waals surface area contributed by atoms with Crippen molar-refractivity contribution in [2.75, 3.05) is 19.6 Å². The van der Waals surface area contributed by atoms with Gasteiger partial charge in [-0.05, 0) is 51.1 Å². The number of nitrogens with zero attached hydrogens (tertiary/aromatic N) is 1. The van der Waals surface area contributed by atoms with E-state index >= 15 is 0 Å². The first-order chi connectivity index (χ1) is 8.33. The van der Waals surface area contributed by atoms with Gasteiger partial charge in [0, 0.05) is 24.7 Å². The number of hydrogen-bond acceptors (Lipinski definition) is 3. The molecule has 3 aliphatic rings. The largest absolute Gasteiger partial charge is 0.328 e. The average molecular weight is 274 g/mol. The number of piperidine rings is 2. The van der Waals surface area contributed by atoms with Crippen molar-refractivity contribution in [3.8, 4) is 0 Å². The third kappa shape index (κ3) is 3.60. The van der Waals surface area contributed by atoms with Gasteiger partial charge in [-0.25, -0.2) is 0 Å². The molecule has 1 saturated carbocycles. The van der Waals surface area contributed by atoms with Crippen molar-refractivity contribution >= 4 is 12.4 Å². The fourth-order valence-electron chi connectivity index (χ4n) is 3.69. The van der Waals surface area contributed by atoms with Crippen LogP contribution in [0.3, 0.4) is 0 Å². The second-order valence-electron chi connectivity index (χ2n) is 6.34. The maximum Gasteiger partial charge on any atom is 0.0122 e. The summed E-state index contributed by atoms with van der Waals surface area (Å²) in [6.07, 6.45) is 9.54. The van der Waals surface area contributed by atoms with E-state index in [9.17, 15) is 0 Å². The molecule has 3 nitrogen and oxygen atoms in total. The van der Waals surface area contributed by atoms with Gasteiger partial charge in [-0.2, -0.15) is 0 Å². The van der Waals surface area contributed by atoms with Crippen LogP contribution in [-0.4, -0.2) is 42.7 Å². The molecule has 2 saturated heterocycles. The van der Waals surface area contributed by atoms with Crippen LogP contribution in [0.2, 0.25) is 0 Å². The summed E-state index contributed by atoms with van der Waals surface area (Å²) < 4.78 is 0. The van der Waals surface area contributed by atoms with Gasteiger partial charge < -0.3 is 11.1 Å². The Morgan fingerprint density at radius 3 is 2.44 bits per heavy atom. The topological polar surface area (TPSA) is 41.3 Å². The van der Waals surface area contributed by atoms with E-state index in [1.165, 1.54) is 64.6 Å². The summed E-state index contributed by atoms with van der Waals surface area (Å²) >= 11 is 0. The molecule has 0 spiro atoms.